The lowest BCUT2D eigenvalue weighted by molar-refractivity contribution is 0.0881. The molecule has 0 aliphatic carbocycles. The van der Waals surface area contributed by atoms with Crippen molar-refractivity contribution in [2.45, 2.75) is 38.5 Å². The van der Waals surface area contributed by atoms with Crippen molar-refractivity contribution in [1.29, 1.82) is 0 Å². The molecule has 0 bridgehead atoms. The fraction of sp³-hybridized carbons (Fsp3) is 0.571. The van der Waals surface area contributed by atoms with Crippen LogP contribution in [0.3, 0.4) is 0 Å². The van der Waals surface area contributed by atoms with Crippen molar-refractivity contribution in [3.8, 4) is 5.75 Å². The van der Waals surface area contributed by atoms with Gasteiger partial charge in [0.1, 0.15) is 5.75 Å². The highest BCUT2D eigenvalue weighted by atomic mass is 79.9. The summed E-state index contributed by atoms with van der Waals surface area (Å²) < 4.78 is 12.9. The van der Waals surface area contributed by atoms with Crippen LogP contribution in [0, 0.1) is 0 Å². The maximum Gasteiger partial charge on any atom is 0.147 e. The largest absolute Gasteiger partial charge is 0.494 e. The predicted molar refractivity (Wildman–Crippen MR) is 83.7 cm³/mol. The third kappa shape index (κ3) is 3.32. The third-order valence-electron chi connectivity index (χ3n) is 3.85. The molecule has 1 aliphatic rings. The lowest BCUT2D eigenvalue weighted by Gasteiger charge is -2.29. The summed E-state index contributed by atoms with van der Waals surface area (Å²) in [6.45, 7) is 5.99. The molecule has 0 radical (unpaired) electrons. The quantitative estimate of drug-likeness (QED) is 0.843. The van der Waals surface area contributed by atoms with E-state index >= 15 is 0 Å². The van der Waals surface area contributed by atoms with E-state index < -0.39 is 0 Å². The van der Waals surface area contributed by atoms with E-state index in [1.165, 1.54) is 5.56 Å². The van der Waals surface area contributed by atoms with E-state index in [0.29, 0.717) is 0 Å². The Labute approximate surface area is 131 Å². The second-order valence-electron chi connectivity index (χ2n) is 5.13. The first-order valence-electron chi connectivity index (χ1n) is 6.35. The van der Waals surface area contributed by atoms with Crippen molar-refractivity contribution in [1.82, 2.24) is 5.32 Å². The third-order valence-corrected chi connectivity index (χ3v) is 5.02. The van der Waals surface area contributed by atoms with Crippen LogP contribution in [-0.2, 0) is 11.3 Å². The number of nitrogens with one attached hydrogen (secondary N) is 1. The summed E-state index contributed by atoms with van der Waals surface area (Å²) >= 11 is 7.06. The molecule has 1 heterocycles. The number of methoxy groups -OCH3 is 1. The van der Waals surface area contributed by atoms with E-state index in [9.17, 15) is 0 Å². The molecule has 0 spiro atoms. The molecule has 2 atom stereocenters. The van der Waals surface area contributed by atoms with Gasteiger partial charge in [-0.3, -0.25) is 0 Å². The number of hydrogen-bond acceptors (Lipinski definition) is 3. The maximum atomic E-state index is 5.64. The Balaban J connectivity index is 2.08. The minimum atomic E-state index is 0.0544. The summed E-state index contributed by atoms with van der Waals surface area (Å²) in [6.07, 6.45) is 1.30. The Morgan fingerprint density at radius 3 is 2.53 bits per heavy atom. The van der Waals surface area contributed by atoms with Gasteiger partial charge >= 0.3 is 0 Å². The molecule has 0 amide bonds. The standard InChI is InChI=1S/C14H19Br2NO2/c1-9-14(2,4-5-19-9)17-8-10-6-11(15)13(18-3)12(16)7-10/h6-7,9,17H,4-5,8H2,1-3H3. The number of rotatable bonds is 4. The monoisotopic (exact) mass is 391 g/mol. The van der Waals surface area contributed by atoms with Gasteiger partial charge in [-0.05, 0) is 69.8 Å². The van der Waals surface area contributed by atoms with Gasteiger partial charge < -0.3 is 14.8 Å². The van der Waals surface area contributed by atoms with Crippen LogP contribution in [0.1, 0.15) is 25.8 Å². The van der Waals surface area contributed by atoms with Crippen LogP contribution in [-0.4, -0.2) is 25.4 Å². The average molecular weight is 393 g/mol. The van der Waals surface area contributed by atoms with Crippen LogP contribution in [0.4, 0.5) is 0 Å². The Hall–Kier alpha value is -0.100. The molecule has 106 valence electrons. The molecule has 5 heteroatoms. The highest BCUT2D eigenvalue weighted by molar-refractivity contribution is 9.11. The molecular formula is C14H19Br2NO2. The number of hydrogen-bond donors (Lipinski definition) is 1. The van der Waals surface area contributed by atoms with E-state index in [4.69, 9.17) is 9.47 Å². The van der Waals surface area contributed by atoms with Gasteiger partial charge in [-0.15, -0.1) is 0 Å². The minimum Gasteiger partial charge on any atom is -0.494 e. The molecule has 19 heavy (non-hydrogen) atoms. The molecule has 1 fully saturated rings. The van der Waals surface area contributed by atoms with E-state index in [1.807, 2.05) is 0 Å². The van der Waals surface area contributed by atoms with E-state index in [1.54, 1.807) is 7.11 Å². The van der Waals surface area contributed by atoms with Crippen molar-refractivity contribution in [2.24, 2.45) is 0 Å². The lowest BCUT2D eigenvalue weighted by Crippen LogP contribution is -2.47. The zero-order chi connectivity index (χ0) is 14.0. The maximum absolute atomic E-state index is 5.64. The van der Waals surface area contributed by atoms with Gasteiger partial charge in [-0.1, -0.05) is 0 Å². The van der Waals surface area contributed by atoms with Crippen molar-refractivity contribution in [2.75, 3.05) is 13.7 Å². The van der Waals surface area contributed by atoms with Crippen LogP contribution in [0.2, 0.25) is 0 Å². The van der Waals surface area contributed by atoms with E-state index in [0.717, 1.165) is 34.3 Å². The Kier molecular flexibility index (Phi) is 4.93. The minimum absolute atomic E-state index is 0.0544. The zero-order valence-electron chi connectivity index (χ0n) is 11.4. The van der Waals surface area contributed by atoms with Crippen molar-refractivity contribution in [3.63, 3.8) is 0 Å². The van der Waals surface area contributed by atoms with Gasteiger partial charge in [0.25, 0.3) is 0 Å². The summed E-state index contributed by atoms with van der Waals surface area (Å²) in [5.41, 5.74) is 1.26. The highest BCUT2D eigenvalue weighted by Crippen LogP contribution is 2.34. The van der Waals surface area contributed by atoms with Gasteiger partial charge in [0.2, 0.25) is 0 Å². The molecule has 0 saturated carbocycles. The van der Waals surface area contributed by atoms with Gasteiger partial charge in [0, 0.05) is 18.7 Å². The van der Waals surface area contributed by atoms with Crippen LogP contribution < -0.4 is 10.1 Å². The van der Waals surface area contributed by atoms with Crippen LogP contribution in [0.5, 0.6) is 5.75 Å². The second-order valence-corrected chi connectivity index (χ2v) is 6.84. The van der Waals surface area contributed by atoms with Crippen LogP contribution in [0.15, 0.2) is 21.1 Å². The number of ether oxygens (including phenoxy) is 2. The first kappa shape index (κ1) is 15.3. The summed E-state index contributed by atoms with van der Waals surface area (Å²) in [5, 5.41) is 3.61. The predicted octanol–water partition coefficient (Wildman–Crippen LogP) is 3.88. The molecule has 2 unspecified atom stereocenters. The Morgan fingerprint density at radius 2 is 2.05 bits per heavy atom. The lowest BCUT2D eigenvalue weighted by atomic mass is 9.94. The zero-order valence-corrected chi connectivity index (χ0v) is 14.6. The fourth-order valence-electron chi connectivity index (χ4n) is 2.28. The van der Waals surface area contributed by atoms with Crippen molar-refractivity contribution in [3.05, 3.63) is 26.6 Å². The first-order chi connectivity index (χ1) is 8.96. The molecule has 1 aromatic rings. The molecule has 1 N–H and O–H groups in total. The summed E-state index contributed by atoms with van der Waals surface area (Å²) in [4.78, 5) is 0. The normalized spacial score (nSPS) is 26.7. The molecular weight excluding hydrogens is 374 g/mol. The van der Waals surface area contributed by atoms with Gasteiger partial charge in [-0.25, -0.2) is 0 Å². The molecule has 3 nitrogen and oxygen atoms in total. The molecule has 1 aromatic carbocycles. The van der Waals surface area contributed by atoms with Gasteiger partial charge in [0.15, 0.2) is 0 Å². The van der Waals surface area contributed by atoms with Gasteiger partial charge in [-0.2, -0.15) is 0 Å². The molecule has 1 aliphatic heterocycles. The van der Waals surface area contributed by atoms with E-state index in [-0.39, 0.29) is 11.6 Å². The topological polar surface area (TPSA) is 30.5 Å². The van der Waals surface area contributed by atoms with E-state index in [2.05, 4.69) is 63.2 Å². The van der Waals surface area contributed by atoms with Crippen LogP contribution in [0.25, 0.3) is 0 Å². The Morgan fingerprint density at radius 1 is 1.42 bits per heavy atom. The molecule has 2 rings (SSSR count). The SMILES string of the molecule is COc1c(Br)cc(CNC2(C)CCOC2C)cc1Br. The Bertz CT molecular complexity index is 444. The number of halogens is 2. The molecule has 1 saturated heterocycles. The summed E-state index contributed by atoms with van der Waals surface area (Å²) in [7, 11) is 1.67. The van der Waals surface area contributed by atoms with Crippen molar-refractivity contribution >= 4 is 31.9 Å². The first-order valence-corrected chi connectivity index (χ1v) is 7.93. The van der Waals surface area contributed by atoms with Crippen LogP contribution >= 0.6 is 31.9 Å². The summed E-state index contributed by atoms with van der Waals surface area (Å²) in [5.74, 6) is 0.826. The average Bonchev–Trinajstić information content (AvgIpc) is 2.67. The number of benzene rings is 1. The highest BCUT2D eigenvalue weighted by Gasteiger charge is 2.36. The fourth-order valence-corrected chi connectivity index (χ4v) is 3.89. The van der Waals surface area contributed by atoms with Gasteiger partial charge in [0.05, 0.1) is 22.2 Å². The summed E-state index contributed by atoms with van der Waals surface area (Å²) in [6, 6.07) is 4.17. The molecule has 0 aromatic heterocycles. The smallest absolute Gasteiger partial charge is 0.147 e. The van der Waals surface area contributed by atoms with Crippen molar-refractivity contribution < 1.29 is 9.47 Å². The second kappa shape index (κ2) is 6.12.